The van der Waals surface area contributed by atoms with Crippen molar-refractivity contribution in [2.24, 2.45) is 10.8 Å². The van der Waals surface area contributed by atoms with Crippen LogP contribution in [0, 0.1) is 6.92 Å². The minimum Gasteiger partial charge on any atom is -0.312 e. The number of nitrogens with zero attached hydrogens (tertiary/aromatic N) is 2. The summed E-state index contributed by atoms with van der Waals surface area (Å²) in [5.41, 5.74) is 5.08. The predicted octanol–water partition coefficient (Wildman–Crippen LogP) is 2.44. The van der Waals surface area contributed by atoms with Crippen LogP contribution in [0.3, 0.4) is 0 Å². The van der Waals surface area contributed by atoms with E-state index < -0.39 is 0 Å². The Morgan fingerprint density at radius 3 is 2.61 bits per heavy atom. The van der Waals surface area contributed by atoms with Crippen LogP contribution < -0.4 is 16.2 Å². The maximum Gasteiger partial charge on any atom is 0.212 e. The average Bonchev–Trinajstić information content (AvgIpc) is 2.39. The zero-order valence-corrected chi connectivity index (χ0v) is 11.6. The molecular weight excluding hydrogens is 224 g/mol. The van der Waals surface area contributed by atoms with Gasteiger partial charge in [-0.2, -0.15) is 0 Å². The molecule has 0 unspecified atom stereocenters. The minimum absolute atomic E-state index is 0.736. The van der Waals surface area contributed by atoms with Crippen LogP contribution in [0.5, 0.6) is 0 Å². The molecule has 3 N–H and O–H groups in total. The van der Waals surface area contributed by atoms with Crippen LogP contribution in [0.15, 0.2) is 29.3 Å². The van der Waals surface area contributed by atoms with Gasteiger partial charge in [-0.3, -0.25) is 10.4 Å². The number of hydrogen-bond donors (Lipinski definition) is 2. The van der Waals surface area contributed by atoms with Crippen molar-refractivity contribution in [2.45, 2.75) is 33.6 Å². The Balaban J connectivity index is 2.93. The number of rotatable bonds is 5. The Labute approximate surface area is 110 Å². The first-order chi connectivity index (χ1) is 8.74. The summed E-state index contributed by atoms with van der Waals surface area (Å²) in [6, 6.07) is 8.26. The highest BCUT2D eigenvalue weighted by Gasteiger charge is 2.12. The molecule has 0 heterocycles. The summed E-state index contributed by atoms with van der Waals surface area (Å²) in [4.78, 5) is 6.63. The molecule has 0 radical (unpaired) electrons. The third-order valence-corrected chi connectivity index (χ3v) is 2.88. The van der Waals surface area contributed by atoms with Gasteiger partial charge in [0.05, 0.1) is 0 Å². The highest BCUT2D eigenvalue weighted by atomic mass is 15.4. The fraction of sp³-hybridized carbons (Fsp3) is 0.500. The van der Waals surface area contributed by atoms with Gasteiger partial charge in [0.15, 0.2) is 0 Å². The fourth-order valence-electron chi connectivity index (χ4n) is 1.85. The lowest BCUT2D eigenvalue weighted by atomic mass is 10.2. The number of nitrogens with one attached hydrogen (secondary N) is 1. The van der Waals surface area contributed by atoms with Crippen molar-refractivity contribution >= 4 is 11.6 Å². The largest absolute Gasteiger partial charge is 0.312 e. The molecule has 4 nitrogen and oxygen atoms in total. The Morgan fingerprint density at radius 1 is 1.33 bits per heavy atom. The van der Waals surface area contributed by atoms with Crippen molar-refractivity contribution in [3.63, 3.8) is 0 Å². The normalized spacial score (nSPS) is 11.4. The third-order valence-electron chi connectivity index (χ3n) is 2.88. The van der Waals surface area contributed by atoms with Gasteiger partial charge in [-0.1, -0.05) is 31.5 Å². The first-order valence-corrected chi connectivity index (χ1v) is 6.58. The summed E-state index contributed by atoms with van der Waals surface area (Å²) in [6.07, 6.45) is 2.22. The monoisotopic (exact) mass is 248 g/mol. The number of unbranched alkanes of at least 4 members (excludes halogenated alkanes) is 1. The molecule has 0 aliphatic heterocycles. The summed E-state index contributed by atoms with van der Waals surface area (Å²) < 4.78 is 0. The number of para-hydroxylation sites is 1. The highest BCUT2D eigenvalue weighted by Crippen LogP contribution is 2.19. The predicted molar refractivity (Wildman–Crippen MR) is 78.7 cm³/mol. The third kappa shape index (κ3) is 3.74. The smallest absolute Gasteiger partial charge is 0.212 e. The molecule has 100 valence electrons. The second-order valence-corrected chi connectivity index (χ2v) is 4.23. The Bertz CT molecular complexity index is 387. The molecule has 0 aromatic heterocycles. The van der Waals surface area contributed by atoms with Gasteiger partial charge in [0.2, 0.25) is 5.96 Å². The summed E-state index contributed by atoms with van der Waals surface area (Å²) in [5, 5.41) is 0. The second kappa shape index (κ2) is 7.71. The first-order valence-electron chi connectivity index (χ1n) is 6.58. The molecular formula is C14H24N4. The van der Waals surface area contributed by atoms with E-state index in [0.717, 1.165) is 37.6 Å². The van der Waals surface area contributed by atoms with Gasteiger partial charge in [0.25, 0.3) is 0 Å². The molecule has 0 atom stereocenters. The van der Waals surface area contributed by atoms with E-state index >= 15 is 0 Å². The second-order valence-electron chi connectivity index (χ2n) is 4.23. The van der Waals surface area contributed by atoms with Crippen molar-refractivity contribution in [1.82, 2.24) is 5.43 Å². The van der Waals surface area contributed by atoms with Crippen molar-refractivity contribution in [3.8, 4) is 0 Å². The fourth-order valence-corrected chi connectivity index (χ4v) is 1.85. The lowest BCUT2D eigenvalue weighted by Gasteiger charge is -2.25. The molecule has 0 saturated carbocycles. The summed E-state index contributed by atoms with van der Waals surface area (Å²) >= 11 is 0. The van der Waals surface area contributed by atoms with Crippen molar-refractivity contribution in [2.75, 3.05) is 18.0 Å². The van der Waals surface area contributed by atoms with E-state index in [1.165, 1.54) is 5.56 Å². The van der Waals surface area contributed by atoms with Crippen LogP contribution >= 0.6 is 0 Å². The van der Waals surface area contributed by atoms with Gasteiger partial charge < -0.3 is 4.90 Å². The van der Waals surface area contributed by atoms with Crippen LogP contribution in [0.25, 0.3) is 0 Å². The average molecular weight is 248 g/mol. The van der Waals surface area contributed by atoms with E-state index in [2.05, 4.69) is 48.2 Å². The van der Waals surface area contributed by atoms with Crippen LogP contribution in [0.4, 0.5) is 5.69 Å². The number of benzene rings is 1. The van der Waals surface area contributed by atoms with Crippen LogP contribution in [-0.2, 0) is 0 Å². The van der Waals surface area contributed by atoms with Crippen LogP contribution in [-0.4, -0.2) is 19.0 Å². The summed E-state index contributed by atoms with van der Waals surface area (Å²) in [7, 11) is 0. The number of aryl methyl sites for hydroxylation is 1. The molecule has 1 aromatic carbocycles. The minimum atomic E-state index is 0.736. The van der Waals surface area contributed by atoms with Crippen molar-refractivity contribution in [3.05, 3.63) is 29.8 Å². The number of hydrazine groups is 1. The Hall–Kier alpha value is -1.55. The standard InChI is InChI=1S/C14H24N4/c1-4-6-11-16-14(17-15)18(5-2)13-10-8-7-9-12(13)3/h7-10H,4-6,11,15H2,1-3H3,(H,16,17). The quantitative estimate of drug-likeness (QED) is 0.277. The zero-order valence-electron chi connectivity index (χ0n) is 11.6. The van der Waals surface area contributed by atoms with E-state index in [0.29, 0.717) is 0 Å². The van der Waals surface area contributed by atoms with Gasteiger partial charge in [0, 0.05) is 18.8 Å². The number of guanidine groups is 1. The molecule has 0 spiro atoms. The van der Waals surface area contributed by atoms with Crippen LogP contribution in [0.1, 0.15) is 32.3 Å². The lowest BCUT2D eigenvalue weighted by Crippen LogP contribution is -2.45. The summed E-state index contributed by atoms with van der Waals surface area (Å²) in [6.45, 7) is 7.99. The van der Waals surface area contributed by atoms with Gasteiger partial charge in [-0.15, -0.1) is 0 Å². The highest BCUT2D eigenvalue weighted by molar-refractivity contribution is 5.96. The zero-order chi connectivity index (χ0) is 13.4. The number of anilines is 1. The molecule has 1 aromatic rings. The van der Waals surface area contributed by atoms with Gasteiger partial charge in [-0.05, 0) is 31.9 Å². The maximum absolute atomic E-state index is 5.60. The van der Waals surface area contributed by atoms with E-state index in [-0.39, 0.29) is 0 Å². The molecule has 0 aliphatic carbocycles. The van der Waals surface area contributed by atoms with E-state index in [1.54, 1.807) is 0 Å². The molecule has 0 aliphatic rings. The SMILES string of the molecule is CCCCN=C(NN)N(CC)c1ccccc1C. The van der Waals surface area contributed by atoms with E-state index in [9.17, 15) is 0 Å². The Kier molecular flexibility index (Phi) is 6.22. The van der Waals surface area contributed by atoms with Crippen molar-refractivity contribution < 1.29 is 0 Å². The van der Waals surface area contributed by atoms with Crippen molar-refractivity contribution in [1.29, 1.82) is 0 Å². The molecule has 4 heteroatoms. The number of hydrogen-bond acceptors (Lipinski definition) is 2. The Morgan fingerprint density at radius 2 is 2.06 bits per heavy atom. The number of aliphatic imine (C=N–C) groups is 1. The van der Waals surface area contributed by atoms with Gasteiger partial charge in [-0.25, -0.2) is 5.84 Å². The lowest BCUT2D eigenvalue weighted by molar-refractivity contribution is 0.793. The van der Waals surface area contributed by atoms with Gasteiger partial charge >= 0.3 is 0 Å². The number of nitrogens with two attached hydrogens (primary N) is 1. The van der Waals surface area contributed by atoms with Gasteiger partial charge in [0.1, 0.15) is 0 Å². The molecule has 18 heavy (non-hydrogen) atoms. The molecule has 0 bridgehead atoms. The molecule has 0 saturated heterocycles. The van der Waals surface area contributed by atoms with Crippen LogP contribution in [0.2, 0.25) is 0 Å². The van der Waals surface area contributed by atoms with E-state index in [1.807, 2.05) is 12.1 Å². The van der Waals surface area contributed by atoms with E-state index in [4.69, 9.17) is 5.84 Å². The molecule has 0 fully saturated rings. The summed E-state index contributed by atoms with van der Waals surface area (Å²) in [5.74, 6) is 6.33. The topological polar surface area (TPSA) is 53.6 Å². The molecule has 0 amide bonds. The molecule has 1 rings (SSSR count). The first kappa shape index (κ1) is 14.5. The maximum atomic E-state index is 5.60.